The van der Waals surface area contributed by atoms with E-state index < -0.39 is 0 Å². The molecule has 220 valence electrons. The molecule has 0 fully saturated rings. The van der Waals surface area contributed by atoms with Crippen LogP contribution in [-0.2, 0) is 0 Å². The van der Waals surface area contributed by atoms with E-state index in [1.807, 2.05) is 35.6 Å². The van der Waals surface area contributed by atoms with Gasteiger partial charge < -0.3 is 0 Å². The summed E-state index contributed by atoms with van der Waals surface area (Å²) in [6.45, 7) is 6.34. The third-order valence-electron chi connectivity index (χ3n) is 8.68. The molecule has 0 aliphatic rings. The molecule has 0 amide bonds. The van der Waals surface area contributed by atoms with E-state index in [-0.39, 0.29) is 0 Å². The number of aromatic nitrogens is 3. The van der Waals surface area contributed by atoms with E-state index in [0.717, 1.165) is 33.4 Å². The van der Waals surface area contributed by atoms with Crippen LogP contribution in [0.5, 0.6) is 0 Å². The van der Waals surface area contributed by atoms with Crippen molar-refractivity contribution in [3.8, 4) is 56.4 Å². The summed E-state index contributed by atoms with van der Waals surface area (Å²) in [7, 11) is 0. The van der Waals surface area contributed by atoms with Gasteiger partial charge in [-0.05, 0) is 84.5 Å². The first-order valence-electron chi connectivity index (χ1n) is 15.5. The number of nitrogens with zero attached hydrogens (tertiary/aromatic N) is 3. The summed E-state index contributed by atoms with van der Waals surface area (Å²) in [6, 6.07) is 47.5. The molecule has 3 nitrogen and oxygen atoms in total. The van der Waals surface area contributed by atoms with Gasteiger partial charge in [-0.1, -0.05) is 109 Å². The van der Waals surface area contributed by atoms with Gasteiger partial charge >= 0.3 is 0 Å². The van der Waals surface area contributed by atoms with E-state index in [1.54, 1.807) is 0 Å². The lowest BCUT2D eigenvalue weighted by Gasteiger charge is -2.12. The van der Waals surface area contributed by atoms with Crippen LogP contribution >= 0.6 is 11.3 Å². The van der Waals surface area contributed by atoms with Crippen molar-refractivity contribution in [3.63, 3.8) is 0 Å². The molecule has 8 rings (SSSR count). The highest BCUT2D eigenvalue weighted by molar-refractivity contribution is 7.25. The second-order valence-electron chi connectivity index (χ2n) is 11.9. The van der Waals surface area contributed by atoms with E-state index in [0.29, 0.717) is 17.5 Å². The standard InChI is InChI=1S/C42H31N3S/c1-26-10-8-13-29(22-26)31-18-20-38-36(24-31)37-25-32(19-21-39(37)46-38)30-14-9-15-33(23-30)40-43-41(34-16-6-4-11-27(34)2)45-42(44-40)35-17-7-5-12-28(35)3/h4-25H,1-3H3. The first-order chi connectivity index (χ1) is 22.5. The molecule has 0 saturated heterocycles. The zero-order chi connectivity index (χ0) is 31.2. The van der Waals surface area contributed by atoms with Crippen LogP contribution < -0.4 is 0 Å². The van der Waals surface area contributed by atoms with Crippen LogP contribution in [0.1, 0.15) is 16.7 Å². The fourth-order valence-corrected chi connectivity index (χ4v) is 7.26. The number of aryl methyl sites for hydroxylation is 3. The molecular weight excluding hydrogens is 579 g/mol. The van der Waals surface area contributed by atoms with Crippen LogP contribution in [0.3, 0.4) is 0 Å². The van der Waals surface area contributed by atoms with Crippen molar-refractivity contribution in [2.45, 2.75) is 20.8 Å². The van der Waals surface area contributed by atoms with E-state index >= 15 is 0 Å². The molecule has 0 spiro atoms. The molecule has 0 saturated carbocycles. The fraction of sp³-hybridized carbons (Fsp3) is 0.0714. The second-order valence-corrected chi connectivity index (χ2v) is 13.0. The number of rotatable bonds is 5. The van der Waals surface area contributed by atoms with E-state index in [2.05, 4.69) is 130 Å². The van der Waals surface area contributed by atoms with Crippen molar-refractivity contribution in [3.05, 3.63) is 150 Å². The van der Waals surface area contributed by atoms with Gasteiger partial charge in [-0.2, -0.15) is 0 Å². The molecule has 0 aliphatic heterocycles. The minimum absolute atomic E-state index is 0.665. The topological polar surface area (TPSA) is 38.7 Å². The summed E-state index contributed by atoms with van der Waals surface area (Å²) >= 11 is 1.85. The van der Waals surface area contributed by atoms with Crippen LogP contribution in [-0.4, -0.2) is 15.0 Å². The molecular formula is C42H31N3S. The van der Waals surface area contributed by atoms with Gasteiger partial charge in [-0.3, -0.25) is 0 Å². The summed E-state index contributed by atoms with van der Waals surface area (Å²) in [5, 5.41) is 2.57. The van der Waals surface area contributed by atoms with Gasteiger partial charge in [0.05, 0.1) is 0 Å². The monoisotopic (exact) mass is 609 g/mol. The van der Waals surface area contributed by atoms with Crippen molar-refractivity contribution < 1.29 is 0 Å². The highest BCUT2D eigenvalue weighted by Gasteiger charge is 2.16. The maximum absolute atomic E-state index is 5.03. The molecule has 0 aliphatic carbocycles. The number of hydrogen-bond donors (Lipinski definition) is 0. The Labute approximate surface area is 272 Å². The zero-order valence-corrected chi connectivity index (χ0v) is 26.8. The fourth-order valence-electron chi connectivity index (χ4n) is 6.19. The zero-order valence-electron chi connectivity index (χ0n) is 26.0. The van der Waals surface area contributed by atoms with E-state index in [9.17, 15) is 0 Å². The molecule has 8 aromatic rings. The molecule has 46 heavy (non-hydrogen) atoms. The highest BCUT2D eigenvalue weighted by Crippen LogP contribution is 2.39. The van der Waals surface area contributed by atoms with Gasteiger partial charge in [0, 0.05) is 36.9 Å². The van der Waals surface area contributed by atoms with Crippen LogP contribution in [0.15, 0.2) is 133 Å². The van der Waals surface area contributed by atoms with Gasteiger partial charge in [0.15, 0.2) is 17.5 Å². The lowest BCUT2D eigenvalue weighted by Crippen LogP contribution is -2.01. The lowest BCUT2D eigenvalue weighted by molar-refractivity contribution is 1.07. The highest BCUT2D eigenvalue weighted by atomic mass is 32.1. The van der Waals surface area contributed by atoms with Crippen molar-refractivity contribution in [1.29, 1.82) is 0 Å². The molecule has 0 radical (unpaired) electrons. The van der Waals surface area contributed by atoms with Crippen molar-refractivity contribution >= 4 is 31.5 Å². The Morgan fingerprint density at radius 2 is 0.870 bits per heavy atom. The molecule has 2 heterocycles. The van der Waals surface area contributed by atoms with Crippen LogP contribution in [0.4, 0.5) is 0 Å². The third kappa shape index (κ3) is 5.17. The maximum Gasteiger partial charge on any atom is 0.164 e. The molecule has 6 aromatic carbocycles. The van der Waals surface area contributed by atoms with Gasteiger partial charge in [0.1, 0.15) is 0 Å². The minimum atomic E-state index is 0.665. The minimum Gasteiger partial charge on any atom is -0.208 e. The molecule has 4 heteroatoms. The largest absolute Gasteiger partial charge is 0.208 e. The van der Waals surface area contributed by atoms with E-state index in [4.69, 9.17) is 15.0 Å². The number of hydrogen-bond acceptors (Lipinski definition) is 4. The molecule has 0 atom stereocenters. The Morgan fingerprint density at radius 1 is 0.391 bits per heavy atom. The van der Waals surface area contributed by atoms with Crippen LogP contribution in [0.25, 0.3) is 76.6 Å². The molecule has 2 aromatic heterocycles. The van der Waals surface area contributed by atoms with Gasteiger partial charge in [0.25, 0.3) is 0 Å². The Bertz CT molecular complexity index is 2360. The normalized spacial score (nSPS) is 11.4. The Kier molecular flexibility index (Phi) is 7.00. The lowest BCUT2D eigenvalue weighted by atomic mass is 9.98. The molecule has 0 unspecified atom stereocenters. The predicted molar refractivity (Wildman–Crippen MR) is 194 cm³/mol. The first kappa shape index (κ1) is 28.1. The summed E-state index contributed by atoms with van der Waals surface area (Å²) in [6.07, 6.45) is 0. The SMILES string of the molecule is Cc1cccc(-c2ccc3sc4ccc(-c5cccc(-c6nc(-c7ccccc7C)nc(-c7ccccc7C)n6)c5)cc4c3c2)c1. The predicted octanol–water partition coefficient (Wildman–Crippen LogP) is 11.5. The number of fused-ring (bicyclic) bond motifs is 3. The number of thiophene rings is 1. The molecule has 0 bridgehead atoms. The Balaban J connectivity index is 1.24. The van der Waals surface area contributed by atoms with Crippen molar-refractivity contribution in [2.75, 3.05) is 0 Å². The summed E-state index contributed by atoms with van der Waals surface area (Å²) in [4.78, 5) is 15.0. The quantitative estimate of drug-likeness (QED) is 0.195. The summed E-state index contributed by atoms with van der Waals surface area (Å²) in [5.41, 5.74) is 11.3. The van der Waals surface area contributed by atoms with Crippen molar-refractivity contribution in [1.82, 2.24) is 15.0 Å². The average molecular weight is 610 g/mol. The maximum atomic E-state index is 5.03. The Hall–Kier alpha value is -5.45. The Morgan fingerprint density at radius 3 is 1.43 bits per heavy atom. The van der Waals surface area contributed by atoms with Gasteiger partial charge in [0.2, 0.25) is 0 Å². The summed E-state index contributed by atoms with van der Waals surface area (Å²) in [5.74, 6) is 2.03. The van der Waals surface area contributed by atoms with E-state index in [1.165, 1.54) is 42.4 Å². The average Bonchev–Trinajstić information content (AvgIpc) is 3.46. The van der Waals surface area contributed by atoms with Crippen molar-refractivity contribution in [2.24, 2.45) is 0 Å². The first-order valence-corrected chi connectivity index (χ1v) is 16.3. The van der Waals surface area contributed by atoms with Crippen LogP contribution in [0, 0.1) is 20.8 Å². The molecule has 0 N–H and O–H groups in total. The van der Waals surface area contributed by atoms with Gasteiger partial charge in [-0.15, -0.1) is 11.3 Å². The number of benzene rings is 6. The smallest absolute Gasteiger partial charge is 0.164 e. The second kappa shape index (κ2) is 11.5. The van der Waals surface area contributed by atoms with Crippen LogP contribution in [0.2, 0.25) is 0 Å². The van der Waals surface area contributed by atoms with Gasteiger partial charge in [-0.25, -0.2) is 15.0 Å². The third-order valence-corrected chi connectivity index (χ3v) is 9.83. The summed E-state index contributed by atoms with van der Waals surface area (Å²) < 4.78 is 2.59.